The molecule has 2 heterocycles. The largest absolute Gasteiger partial charge is 2.00 e. The van der Waals surface area contributed by atoms with E-state index in [1.54, 1.807) is 76.2 Å². The average molecular weight is 684 g/mol. The minimum Gasteiger partial charge on any atom is -0.536 e. The second-order valence-corrected chi connectivity index (χ2v) is 7.42. The van der Waals surface area contributed by atoms with E-state index in [0.29, 0.717) is 33.9 Å². The fraction of sp³-hybridized carbons (Fsp3) is 0.214. The van der Waals surface area contributed by atoms with Gasteiger partial charge in [-0.15, -0.1) is 35.9 Å². The molecule has 0 fully saturated rings. The molecule has 2 aromatic heterocycles. The fourth-order valence-corrected chi connectivity index (χ4v) is 3.53. The van der Waals surface area contributed by atoms with Gasteiger partial charge >= 0.3 is 21.1 Å². The van der Waals surface area contributed by atoms with E-state index in [9.17, 15) is 10.2 Å². The van der Waals surface area contributed by atoms with Gasteiger partial charge in [-0.3, -0.25) is 0 Å². The Balaban J connectivity index is 0.000000253. The number of aliphatic hydroxyl groups excluding tert-OH is 3. The van der Waals surface area contributed by atoms with Gasteiger partial charge in [-0.05, 0) is 35.2 Å². The summed E-state index contributed by atoms with van der Waals surface area (Å²) in [7, 11) is 4.81. The maximum absolute atomic E-state index is 9.41. The van der Waals surface area contributed by atoms with Crippen molar-refractivity contribution in [3.8, 4) is 39.8 Å². The molecule has 0 aliphatic rings. The Morgan fingerprint density at radius 3 is 2.03 bits per heavy atom. The van der Waals surface area contributed by atoms with Gasteiger partial charge in [0, 0.05) is 19.0 Å². The zero-order valence-corrected chi connectivity index (χ0v) is 22.9. The number of aromatic nitrogens is 2. The van der Waals surface area contributed by atoms with Crippen molar-refractivity contribution in [2.45, 2.75) is 19.8 Å². The predicted octanol–water partition coefficient (Wildman–Crippen LogP) is 3.60. The van der Waals surface area contributed by atoms with E-state index in [2.05, 4.69) is 22.1 Å². The SMILES string of the molecule is COc1ccnc(-c2[c-]ccc(OC)c2OC)c1.OCc1ccnc(-c2[c-]ccc(CO)c2CO)c1.[Pt+2]. The van der Waals surface area contributed by atoms with Crippen LogP contribution in [0.4, 0.5) is 0 Å². The van der Waals surface area contributed by atoms with E-state index in [1.165, 1.54) is 0 Å². The minimum absolute atomic E-state index is 0. The monoisotopic (exact) mass is 683 g/mol. The van der Waals surface area contributed by atoms with Crippen molar-refractivity contribution in [2.24, 2.45) is 0 Å². The molecule has 8 nitrogen and oxygen atoms in total. The molecule has 37 heavy (non-hydrogen) atoms. The molecule has 0 aliphatic carbocycles. The summed E-state index contributed by atoms with van der Waals surface area (Å²) in [5.41, 5.74) is 4.76. The third-order valence-corrected chi connectivity index (χ3v) is 5.35. The average Bonchev–Trinajstić information content (AvgIpc) is 2.96. The van der Waals surface area contributed by atoms with Crippen LogP contribution in [-0.4, -0.2) is 46.6 Å². The van der Waals surface area contributed by atoms with Crippen molar-refractivity contribution in [1.29, 1.82) is 0 Å². The second-order valence-electron chi connectivity index (χ2n) is 7.42. The maximum Gasteiger partial charge on any atom is 2.00 e. The molecule has 0 aliphatic heterocycles. The standard InChI is InChI=1S/2C14H14NO3.Pt/c1-16-10-7-8-15-12(9-10)11-5-4-6-13(17-2)14(11)18-3;16-7-10-4-5-15-14(6-10)12-3-1-2-11(8-17)13(12)9-18;/h4,6-9H,1-3H3;1-2,4-6,16-18H,7-9H2;/q2*-1;+2. The summed E-state index contributed by atoms with van der Waals surface area (Å²) in [5, 5.41) is 27.8. The van der Waals surface area contributed by atoms with E-state index in [1.807, 2.05) is 6.07 Å². The predicted molar refractivity (Wildman–Crippen MR) is 134 cm³/mol. The quantitative estimate of drug-likeness (QED) is 0.242. The first-order valence-electron chi connectivity index (χ1n) is 11.0. The smallest absolute Gasteiger partial charge is 0.536 e. The Labute approximate surface area is 230 Å². The number of methoxy groups -OCH3 is 3. The molecule has 0 saturated heterocycles. The van der Waals surface area contributed by atoms with E-state index in [-0.39, 0.29) is 40.9 Å². The number of pyridine rings is 2. The zero-order valence-electron chi connectivity index (χ0n) is 20.7. The molecule has 0 saturated carbocycles. The first-order chi connectivity index (χ1) is 17.6. The topological polar surface area (TPSA) is 114 Å². The second kappa shape index (κ2) is 15.1. The molecular formula is C28H28N2O6Pt. The molecule has 3 N–H and O–H groups in total. The fourth-order valence-electron chi connectivity index (χ4n) is 3.53. The summed E-state index contributed by atoms with van der Waals surface area (Å²) in [4.78, 5) is 8.50. The maximum atomic E-state index is 9.41. The van der Waals surface area contributed by atoms with Crippen molar-refractivity contribution in [2.75, 3.05) is 21.3 Å². The molecule has 0 amide bonds. The Morgan fingerprint density at radius 2 is 1.41 bits per heavy atom. The molecule has 0 bridgehead atoms. The number of ether oxygens (including phenoxy) is 3. The Morgan fingerprint density at radius 1 is 0.730 bits per heavy atom. The van der Waals surface area contributed by atoms with Crippen LogP contribution in [-0.2, 0) is 40.9 Å². The number of hydrogen-bond acceptors (Lipinski definition) is 8. The van der Waals surface area contributed by atoms with Gasteiger partial charge in [0.1, 0.15) is 5.75 Å². The van der Waals surface area contributed by atoms with Crippen LogP contribution in [0.15, 0.2) is 60.9 Å². The van der Waals surface area contributed by atoms with Gasteiger partial charge in [-0.2, -0.15) is 0 Å². The van der Waals surface area contributed by atoms with Gasteiger partial charge in [0.25, 0.3) is 0 Å². The Bertz CT molecular complexity index is 1190. The third-order valence-electron chi connectivity index (χ3n) is 5.35. The van der Waals surface area contributed by atoms with Crippen LogP contribution >= 0.6 is 0 Å². The van der Waals surface area contributed by atoms with Crippen LogP contribution in [0.1, 0.15) is 16.7 Å². The first kappa shape index (κ1) is 29.9. The van der Waals surface area contributed by atoms with Crippen LogP contribution in [0.3, 0.4) is 0 Å². The van der Waals surface area contributed by atoms with Crippen LogP contribution in [0.5, 0.6) is 17.2 Å². The first-order valence-corrected chi connectivity index (χ1v) is 11.0. The van der Waals surface area contributed by atoms with Gasteiger partial charge in [0.15, 0.2) is 0 Å². The molecule has 196 valence electrons. The van der Waals surface area contributed by atoms with Gasteiger partial charge in [0.2, 0.25) is 0 Å². The van der Waals surface area contributed by atoms with E-state index in [0.717, 1.165) is 22.6 Å². The van der Waals surface area contributed by atoms with Crippen molar-refractivity contribution in [1.82, 2.24) is 9.97 Å². The number of hydrogen-bond donors (Lipinski definition) is 3. The van der Waals surface area contributed by atoms with Crippen LogP contribution in [0, 0.1) is 12.1 Å². The zero-order chi connectivity index (χ0) is 25.9. The molecular weight excluding hydrogens is 655 g/mol. The van der Waals surface area contributed by atoms with Crippen molar-refractivity contribution in [3.05, 3.63) is 89.7 Å². The van der Waals surface area contributed by atoms with E-state index >= 15 is 0 Å². The molecule has 2 aromatic carbocycles. The summed E-state index contributed by atoms with van der Waals surface area (Å²) in [6.07, 6.45) is 3.28. The number of aliphatic hydroxyl groups is 3. The van der Waals surface area contributed by atoms with E-state index in [4.69, 9.17) is 19.3 Å². The van der Waals surface area contributed by atoms with E-state index < -0.39 is 0 Å². The molecule has 0 atom stereocenters. The van der Waals surface area contributed by atoms with Crippen LogP contribution in [0.25, 0.3) is 22.5 Å². The third kappa shape index (κ3) is 7.37. The molecule has 0 spiro atoms. The summed E-state index contributed by atoms with van der Waals surface area (Å²) in [6, 6.07) is 20.2. The molecule has 4 rings (SSSR count). The van der Waals surface area contributed by atoms with Crippen molar-refractivity contribution < 1.29 is 50.6 Å². The molecule has 4 aromatic rings. The van der Waals surface area contributed by atoms with Gasteiger partial charge in [-0.1, -0.05) is 28.8 Å². The molecule has 9 heteroatoms. The Kier molecular flexibility index (Phi) is 12.2. The summed E-state index contributed by atoms with van der Waals surface area (Å²) >= 11 is 0. The van der Waals surface area contributed by atoms with Gasteiger partial charge in [-0.25, -0.2) is 0 Å². The number of benzene rings is 2. The van der Waals surface area contributed by atoms with Gasteiger partial charge < -0.3 is 39.5 Å². The Hall–Kier alpha value is -3.29. The van der Waals surface area contributed by atoms with Crippen molar-refractivity contribution >= 4 is 0 Å². The van der Waals surface area contributed by atoms with Gasteiger partial charge in [0.05, 0.1) is 46.0 Å². The molecule has 0 radical (unpaired) electrons. The van der Waals surface area contributed by atoms with Crippen molar-refractivity contribution in [3.63, 3.8) is 0 Å². The summed E-state index contributed by atoms with van der Waals surface area (Å²) in [5.74, 6) is 2.00. The normalized spacial score (nSPS) is 10.0. The van der Waals surface area contributed by atoms with Crippen LogP contribution in [0.2, 0.25) is 0 Å². The summed E-state index contributed by atoms with van der Waals surface area (Å²) in [6.45, 7) is -0.394. The van der Waals surface area contributed by atoms with Crippen LogP contribution < -0.4 is 14.2 Å². The number of nitrogens with zero attached hydrogens (tertiary/aromatic N) is 2. The minimum atomic E-state index is -0.187. The molecule has 0 unspecified atom stereocenters. The summed E-state index contributed by atoms with van der Waals surface area (Å²) < 4.78 is 15.8. The number of rotatable bonds is 8.